The number of carboxylic acid groups (broad SMARTS) is 1. The molecule has 0 bridgehead atoms. The fourth-order valence-electron chi connectivity index (χ4n) is 5.33. The van der Waals surface area contributed by atoms with Crippen molar-refractivity contribution in [1.82, 2.24) is 5.32 Å². The number of carboxylic acids is 1. The van der Waals surface area contributed by atoms with Gasteiger partial charge in [-0.15, -0.1) is 0 Å². The number of imide groups is 1. The van der Waals surface area contributed by atoms with Crippen LogP contribution in [0.5, 0.6) is 0 Å². The van der Waals surface area contributed by atoms with Crippen LogP contribution in [-0.2, 0) is 31.9 Å². The second-order valence-corrected chi connectivity index (χ2v) is 9.35. The predicted molar refractivity (Wildman–Crippen MR) is 130 cm³/mol. The molecule has 0 saturated carbocycles. The Morgan fingerprint density at radius 1 is 0.947 bits per heavy atom. The molecule has 38 heavy (non-hydrogen) atoms. The molecule has 2 fully saturated rings. The lowest BCUT2D eigenvalue weighted by Gasteiger charge is -2.31. The summed E-state index contributed by atoms with van der Waals surface area (Å²) in [5.41, 5.74) is -1.94. The Bertz CT molecular complexity index is 1370. The van der Waals surface area contributed by atoms with E-state index >= 15 is 0 Å². The normalized spacial score (nSPS) is 25.0. The van der Waals surface area contributed by atoms with Crippen LogP contribution in [0, 0.1) is 11.8 Å². The van der Waals surface area contributed by atoms with Crippen molar-refractivity contribution >= 4 is 23.5 Å². The number of hydrogen-bond donors (Lipinski definition) is 2. The SMILES string of the molecule is O=C1C2C(c3cccc(C(F)(F)F)c3)NC(COCc3ccccc3)(C(=O)O)C2C(=O)N1c1ccccc1. The highest BCUT2D eigenvalue weighted by molar-refractivity contribution is 6.24. The maximum atomic E-state index is 13.7. The van der Waals surface area contributed by atoms with Crippen molar-refractivity contribution < 1.29 is 37.4 Å². The number of carbonyl (C=O) groups excluding carboxylic acids is 2. The highest BCUT2D eigenvalue weighted by atomic mass is 19.4. The number of hydrogen-bond acceptors (Lipinski definition) is 5. The number of alkyl halides is 3. The number of anilines is 1. The minimum absolute atomic E-state index is 0.0354. The first-order valence-electron chi connectivity index (χ1n) is 11.9. The maximum Gasteiger partial charge on any atom is 0.416 e. The molecule has 2 amide bonds. The maximum absolute atomic E-state index is 13.7. The fourth-order valence-corrected chi connectivity index (χ4v) is 5.33. The van der Waals surface area contributed by atoms with Crippen LogP contribution in [0.15, 0.2) is 84.9 Å². The van der Waals surface area contributed by atoms with E-state index in [-0.39, 0.29) is 17.9 Å². The van der Waals surface area contributed by atoms with Gasteiger partial charge in [0.2, 0.25) is 11.8 Å². The lowest BCUT2D eigenvalue weighted by atomic mass is 9.79. The van der Waals surface area contributed by atoms with E-state index in [0.717, 1.165) is 22.6 Å². The summed E-state index contributed by atoms with van der Waals surface area (Å²) in [6.45, 7) is -0.455. The Kier molecular flexibility index (Phi) is 6.54. The average molecular weight is 524 g/mol. The number of aliphatic carboxylic acids is 1. The second kappa shape index (κ2) is 9.70. The molecule has 196 valence electrons. The van der Waals surface area contributed by atoms with Crippen molar-refractivity contribution in [1.29, 1.82) is 0 Å². The number of benzene rings is 3. The topological polar surface area (TPSA) is 95.9 Å². The summed E-state index contributed by atoms with van der Waals surface area (Å²) in [6, 6.07) is 20.1. The highest BCUT2D eigenvalue weighted by Gasteiger charge is 2.69. The first-order valence-corrected chi connectivity index (χ1v) is 11.9. The van der Waals surface area contributed by atoms with Crippen molar-refractivity contribution in [2.24, 2.45) is 11.8 Å². The molecule has 2 aliphatic heterocycles. The minimum Gasteiger partial charge on any atom is -0.480 e. The average Bonchev–Trinajstić information content (AvgIpc) is 3.39. The number of para-hydroxylation sites is 1. The number of nitrogens with zero attached hydrogens (tertiary/aromatic N) is 1. The molecule has 2 aliphatic rings. The Balaban J connectivity index is 1.57. The number of amides is 2. The summed E-state index contributed by atoms with van der Waals surface area (Å²) in [4.78, 5) is 41.1. The van der Waals surface area contributed by atoms with E-state index in [2.05, 4.69) is 5.32 Å². The minimum atomic E-state index is -4.65. The van der Waals surface area contributed by atoms with Crippen molar-refractivity contribution in [3.8, 4) is 0 Å². The lowest BCUT2D eigenvalue weighted by Crippen LogP contribution is -2.59. The molecule has 4 atom stereocenters. The molecule has 4 unspecified atom stereocenters. The van der Waals surface area contributed by atoms with Crippen LogP contribution < -0.4 is 10.2 Å². The van der Waals surface area contributed by atoms with Crippen molar-refractivity contribution in [2.75, 3.05) is 11.5 Å². The zero-order chi connectivity index (χ0) is 27.1. The number of rotatable bonds is 7. The van der Waals surface area contributed by atoms with Gasteiger partial charge in [0.15, 0.2) is 5.54 Å². The van der Waals surface area contributed by atoms with Gasteiger partial charge >= 0.3 is 12.1 Å². The Morgan fingerprint density at radius 3 is 2.24 bits per heavy atom. The Hall–Kier alpha value is -4.02. The lowest BCUT2D eigenvalue weighted by molar-refractivity contribution is -0.152. The van der Waals surface area contributed by atoms with E-state index in [0.29, 0.717) is 0 Å². The molecule has 0 aliphatic carbocycles. The molecular weight excluding hydrogens is 501 g/mol. The first-order chi connectivity index (χ1) is 18.1. The molecule has 0 radical (unpaired) electrons. The van der Waals surface area contributed by atoms with E-state index in [1.54, 1.807) is 42.5 Å². The van der Waals surface area contributed by atoms with Gasteiger partial charge in [-0.1, -0.05) is 60.7 Å². The largest absolute Gasteiger partial charge is 0.480 e. The number of nitrogens with one attached hydrogen (secondary N) is 1. The summed E-state index contributed by atoms with van der Waals surface area (Å²) in [6.07, 6.45) is -4.65. The van der Waals surface area contributed by atoms with Gasteiger partial charge in [0, 0.05) is 6.04 Å². The fraction of sp³-hybridized carbons (Fsp3) is 0.250. The van der Waals surface area contributed by atoms with Gasteiger partial charge in [0.05, 0.1) is 36.3 Å². The van der Waals surface area contributed by atoms with Crippen LogP contribution in [0.1, 0.15) is 22.7 Å². The smallest absolute Gasteiger partial charge is 0.416 e. The van der Waals surface area contributed by atoms with E-state index in [4.69, 9.17) is 4.74 Å². The summed E-state index contributed by atoms with van der Waals surface area (Å²) in [7, 11) is 0. The van der Waals surface area contributed by atoms with E-state index in [1.807, 2.05) is 6.07 Å². The molecular formula is C28H23F3N2O5. The third-order valence-electron chi connectivity index (χ3n) is 7.06. The number of carbonyl (C=O) groups is 3. The quantitative estimate of drug-likeness (QED) is 0.450. The van der Waals surface area contributed by atoms with Crippen LogP contribution in [-0.4, -0.2) is 35.0 Å². The molecule has 3 aromatic rings. The third kappa shape index (κ3) is 4.35. The molecule has 0 aromatic heterocycles. The summed E-state index contributed by atoms with van der Waals surface area (Å²) in [5.74, 6) is -5.55. The third-order valence-corrected chi connectivity index (χ3v) is 7.06. The molecule has 2 saturated heterocycles. The van der Waals surface area contributed by atoms with Gasteiger partial charge in [-0.05, 0) is 35.4 Å². The number of ether oxygens (including phenoxy) is 1. The number of fused-ring (bicyclic) bond motifs is 1. The van der Waals surface area contributed by atoms with E-state index < -0.39 is 59.5 Å². The monoisotopic (exact) mass is 524 g/mol. The van der Waals surface area contributed by atoms with Crippen LogP contribution in [0.3, 0.4) is 0 Å². The van der Waals surface area contributed by atoms with Crippen molar-refractivity contribution in [3.63, 3.8) is 0 Å². The van der Waals surface area contributed by atoms with Gasteiger partial charge in [0.1, 0.15) is 0 Å². The van der Waals surface area contributed by atoms with Gasteiger partial charge in [-0.2, -0.15) is 13.2 Å². The van der Waals surface area contributed by atoms with Crippen molar-refractivity contribution in [2.45, 2.75) is 24.4 Å². The Labute approximate surface area is 215 Å². The molecule has 10 heteroatoms. The van der Waals surface area contributed by atoms with Crippen molar-refractivity contribution in [3.05, 3.63) is 102 Å². The predicted octanol–water partition coefficient (Wildman–Crippen LogP) is 4.20. The molecule has 2 N–H and O–H groups in total. The van der Waals surface area contributed by atoms with E-state index in [1.165, 1.54) is 24.3 Å². The molecule has 7 nitrogen and oxygen atoms in total. The molecule has 3 aromatic carbocycles. The van der Waals surface area contributed by atoms with Gasteiger partial charge in [-0.3, -0.25) is 19.7 Å². The first kappa shape index (κ1) is 25.6. The van der Waals surface area contributed by atoms with Crippen LogP contribution >= 0.6 is 0 Å². The molecule has 5 rings (SSSR count). The van der Waals surface area contributed by atoms with Crippen LogP contribution in [0.2, 0.25) is 0 Å². The summed E-state index contributed by atoms with van der Waals surface area (Å²) in [5, 5.41) is 13.3. The van der Waals surface area contributed by atoms with Gasteiger partial charge in [0.25, 0.3) is 0 Å². The van der Waals surface area contributed by atoms with Gasteiger partial charge < -0.3 is 9.84 Å². The Morgan fingerprint density at radius 2 is 1.61 bits per heavy atom. The van der Waals surface area contributed by atoms with E-state index in [9.17, 15) is 32.7 Å². The molecule has 2 heterocycles. The van der Waals surface area contributed by atoms with Gasteiger partial charge in [-0.25, -0.2) is 4.90 Å². The highest BCUT2D eigenvalue weighted by Crippen LogP contribution is 2.50. The molecule has 0 spiro atoms. The zero-order valence-corrected chi connectivity index (χ0v) is 19.9. The second-order valence-electron chi connectivity index (χ2n) is 9.35. The summed E-state index contributed by atoms with van der Waals surface area (Å²) >= 11 is 0. The van der Waals surface area contributed by atoms with Crippen LogP contribution in [0.25, 0.3) is 0 Å². The zero-order valence-electron chi connectivity index (χ0n) is 19.9. The standard InChI is InChI=1S/C28H23F3N2O5/c29-28(30,31)19-11-7-10-18(14-19)23-21-22(25(35)33(24(21)34)20-12-5-2-6-13-20)27(32-23,26(36)37)16-38-15-17-8-3-1-4-9-17/h1-14,21-23,32H,15-16H2,(H,36,37). The number of halogens is 3. The summed E-state index contributed by atoms with van der Waals surface area (Å²) < 4.78 is 46.2. The van der Waals surface area contributed by atoms with Crippen LogP contribution in [0.4, 0.5) is 18.9 Å².